The maximum absolute atomic E-state index is 17.4. The summed E-state index contributed by atoms with van der Waals surface area (Å²) in [6.07, 6.45) is 1.85. The lowest BCUT2D eigenvalue weighted by atomic mass is 9.46. The Balaban J connectivity index is 1.92. The molecule has 0 bridgehead atoms. The molecule has 4 fully saturated rings. The predicted molar refractivity (Wildman–Crippen MR) is 286 cm³/mol. The molecule has 1 aromatic rings. The lowest BCUT2D eigenvalue weighted by Gasteiger charge is -2.62. The first-order valence-corrected chi connectivity index (χ1v) is 26.8. The van der Waals surface area contributed by atoms with Gasteiger partial charge in [-0.1, -0.05) is 137 Å². The van der Waals surface area contributed by atoms with Crippen LogP contribution in [-0.2, 0) is 24.0 Å². The molecule has 3 aliphatic carbocycles. The molecule has 3 saturated carbocycles. The summed E-state index contributed by atoms with van der Waals surface area (Å²) in [5.41, 5.74) is -13.4. The Bertz CT molecular complexity index is 2620. The van der Waals surface area contributed by atoms with Gasteiger partial charge in [0.1, 0.15) is 28.3 Å². The van der Waals surface area contributed by atoms with Gasteiger partial charge in [-0.3, -0.25) is 33.8 Å². The maximum Gasteiger partial charge on any atom is 0.292 e. The number of likely N-dealkylation sites (tertiary alicyclic amines) is 1. The smallest absolute Gasteiger partial charge is 0.292 e. The van der Waals surface area contributed by atoms with E-state index in [-0.39, 0.29) is 23.6 Å². The molecule has 1 saturated heterocycles. The van der Waals surface area contributed by atoms with Crippen LogP contribution in [0.25, 0.3) is 0 Å². The van der Waals surface area contributed by atoms with Crippen LogP contribution in [0.3, 0.4) is 0 Å². The third-order valence-electron chi connectivity index (χ3n) is 21.2. The van der Waals surface area contributed by atoms with Crippen molar-refractivity contribution in [3.63, 3.8) is 0 Å². The fraction of sp³-hybridized carbons (Fsp3) is 0.831. The van der Waals surface area contributed by atoms with Crippen LogP contribution in [0.1, 0.15) is 220 Å². The molecule has 3 N–H and O–H groups in total. The minimum absolute atomic E-state index is 0.0393. The van der Waals surface area contributed by atoms with Gasteiger partial charge in [-0.05, 0) is 124 Å². The van der Waals surface area contributed by atoms with Crippen molar-refractivity contribution in [3.05, 3.63) is 23.3 Å². The highest BCUT2D eigenvalue weighted by Crippen LogP contribution is 2.67. The van der Waals surface area contributed by atoms with E-state index in [0.29, 0.717) is 48.4 Å². The van der Waals surface area contributed by atoms with Gasteiger partial charge in [0.05, 0.1) is 20.3 Å². The molecule has 5 rings (SSSR count). The average molecular weight is 1010 g/mol. The van der Waals surface area contributed by atoms with Crippen molar-refractivity contribution in [1.29, 1.82) is 0 Å². The van der Waals surface area contributed by atoms with Crippen LogP contribution in [0.5, 0.6) is 0 Å². The zero-order chi connectivity index (χ0) is 60.7. The Morgan fingerprint density at radius 1 is 0.903 bits per heavy atom. The van der Waals surface area contributed by atoms with Crippen LogP contribution in [0.2, 0.25) is 0 Å². The zero-order valence-corrected chi connectivity index (χ0v) is 48.9. The normalized spacial score (nSPS) is 38.5. The van der Waals surface area contributed by atoms with Crippen molar-refractivity contribution in [2.24, 2.45) is 67.9 Å². The molecule has 1 aromatic heterocycles. The number of carbonyl (C=O) groups excluding carboxylic acids is 6. The maximum atomic E-state index is 17.4. The molecule has 14 atom stereocenters. The van der Waals surface area contributed by atoms with Crippen LogP contribution < -0.4 is 16.0 Å². The van der Waals surface area contributed by atoms with Gasteiger partial charge in [-0.25, -0.2) is 4.98 Å². The van der Waals surface area contributed by atoms with Gasteiger partial charge in [-0.2, -0.15) is 0 Å². The first-order chi connectivity index (χ1) is 34.9. The second kappa shape index (κ2) is 19.3. The van der Waals surface area contributed by atoms with Crippen LogP contribution in [-0.4, -0.2) is 96.8 Å². The van der Waals surface area contributed by atoms with Gasteiger partial charge in [0.25, 0.3) is 11.8 Å². The zero-order valence-electron chi connectivity index (χ0n) is 54.9. The molecule has 0 radical (unpaired) electrons. The second-order valence-electron chi connectivity index (χ2n) is 26.4. The molecule has 1 aliphatic heterocycles. The van der Waals surface area contributed by atoms with E-state index in [2.05, 4.69) is 39.8 Å². The van der Waals surface area contributed by atoms with Crippen LogP contribution in [0.15, 0.2) is 6.20 Å². The number of aryl methyl sites for hydroxylation is 2. The number of fused-ring (bicyclic) bond motifs is 1. The summed E-state index contributed by atoms with van der Waals surface area (Å²) in [6.45, 7) is 39.8. The lowest BCUT2D eigenvalue weighted by molar-refractivity contribution is -0.168. The van der Waals surface area contributed by atoms with Gasteiger partial charge in [0.15, 0.2) is 0 Å². The van der Waals surface area contributed by atoms with Crippen molar-refractivity contribution in [2.75, 3.05) is 7.05 Å². The third kappa shape index (κ3) is 8.73. The van der Waals surface area contributed by atoms with Gasteiger partial charge >= 0.3 is 0 Å². The molecule has 0 spiro atoms. The van der Waals surface area contributed by atoms with E-state index in [1.54, 1.807) is 27.7 Å². The second-order valence-corrected chi connectivity index (χ2v) is 26.4. The standard InChI is InChI=1S/C59H99N7O6/c1-25-27-35(5)55(19,45(67)48(70)65(24)43-30-34(43)4)62-47(69)44-41-31-37(7)53(16,17)54(41,18)40(10)66(44)50(72)59(23,56(20,33(2)3)51(11,12)13)64-49(71)58(22,57(21)36(6)28-26-29-52(57,14)15)63-46(68)42-32-60-38(8)39(9)61-42/h32-37,40-41,43-44H,25-31H2,1-24H3,(H,62,69)(H,63,68)(H,64,71)/t34?,35?,36?,37?,40?,41-,43?,44+,54+,55+,56?,57?,58-,59-/m1/s1/i31D2,37D,40D,41D,44D. The van der Waals surface area contributed by atoms with Gasteiger partial charge < -0.3 is 25.8 Å². The Morgan fingerprint density at radius 2 is 1.47 bits per heavy atom. The Hall–Kier alpha value is -3.90. The number of likely N-dealkylation sites (N-methyl/N-ethyl adjacent to an activating group) is 1. The highest BCUT2D eigenvalue weighted by molar-refractivity contribution is 6.40. The summed E-state index contributed by atoms with van der Waals surface area (Å²) in [7, 11) is 1.52. The fourth-order valence-electron chi connectivity index (χ4n) is 13.6. The average Bonchev–Trinajstić information content (AvgIpc) is 4.03. The summed E-state index contributed by atoms with van der Waals surface area (Å²) in [5, 5.41) is 9.13. The van der Waals surface area contributed by atoms with E-state index in [1.165, 1.54) is 66.6 Å². The number of amides is 5. The highest BCUT2D eigenvalue weighted by atomic mass is 16.2. The molecule has 72 heavy (non-hydrogen) atoms. The summed E-state index contributed by atoms with van der Waals surface area (Å²) < 4.78 is 62.7. The number of nitrogens with one attached hydrogen (secondary N) is 3. The fourth-order valence-corrected chi connectivity index (χ4v) is 13.6. The van der Waals surface area contributed by atoms with Crippen LogP contribution >= 0.6 is 0 Å². The van der Waals surface area contributed by atoms with E-state index >= 15 is 14.4 Å². The number of aromatic nitrogens is 2. The summed E-state index contributed by atoms with van der Waals surface area (Å²) in [5.74, 6) is -13.0. The first kappa shape index (κ1) is 50.3. The molecule has 5 amide bonds. The Morgan fingerprint density at radius 3 is 1.96 bits per heavy atom. The van der Waals surface area contributed by atoms with Gasteiger partial charge in [-0.15, -0.1) is 0 Å². The minimum Gasteiger partial charge on any atom is -0.341 e. The first-order valence-electron chi connectivity index (χ1n) is 29.8. The van der Waals surface area contributed by atoms with Crippen LogP contribution in [0, 0.1) is 81.8 Å². The number of Topliss-reactive ketones (excluding diaryl/α,β-unsaturated/α-hetero) is 1. The highest BCUT2D eigenvalue weighted by Gasteiger charge is 2.72. The molecular formula is C59H99N7O6. The number of ketones is 1. The minimum atomic E-state index is -3.53. The number of hydrogen-bond acceptors (Lipinski definition) is 8. The van der Waals surface area contributed by atoms with E-state index in [4.69, 9.17) is 0 Å². The van der Waals surface area contributed by atoms with E-state index in [1.807, 2.05) is 69.2 Å². The number of hydrogen-bond donors (Lipinski definition) is 3. The molecular weight excluding hydrogens is 903 g/mol. The summed E-state index contributed by atoms with van der Waals surface area (Å²) >= 11 is 0. The monoisotopic (exact) mass is 1010 g/mol. The Kier molecular flexibility index (Phi) is 13.5. The Labute approximate surface area is 443 Å². The molecule has 13 heteroatoms. The van der Waals surface area contributed by atoms with Crippen molar-refractivity contribution < 1.29 is 37.0 Å². The molecule has 406 valence electrons. The molecule has 8 unspecified atom stereocenters. The third-order valence-corrected chi connectivity index (χ3v) is 21.2. The van der Waals surface area contributed by atoms with Crippen molar-refractivity contribution in [2.45, 2.75) is 239 Å². The number of nitrogens with zero attached hydrogens (tertiary/aromatic N) is 4. The number of carbonyl (C=O) groups is 6. The number of rotatable bonds is 16. The molecule has 2 heterocycles. The predicted octanol–water partition coefficient (Wildman–Crippen LogP) is 10.1. The SMILES string of the molecule is [2H]C1(C)C(C)(C)[C@@]2(C)C([2H])(C)N(C(=O)[C@@](C)(NC(=O)[C@@](C)(NC(=O)c3cnc(C)c(C)n3)C3(C)C(C)CCCC3(C)C)C(C)(C(C)C)C(C)(C)C)[C@]([2H])(C(=O)N[C@](C)(C(=O)C(=O)N(C)C3CC3C)C(C)CCC)[C@@]2([2H])C1([2H])[2H]. The lowest BCUT2D eigenvalue weighted by Crippen LogP contribution is -2.78. The van der Waals surface area contributed by atoms with Gasteiger partial charge in [0.2, 0.25) is 23.5 Å². The molecule has 4 aliphatic rings. The summed E-state index contributed by atoms with van der Waals surface area (Å²) in [6, 6.07) is -6.40. The van der Waals surface area contributed by atoms with Gasteiger partial charge in [0, 0.05) is 35.4 Å². The topological polar surface area (TPSA) is 171 Å². The van der Waals surface area contributed by atoms with Crippen LogP contribution in [0.4, 0.5) is 0 Å². The van der Waals surface area contributed by atoms with E-state index in [9.17, 15) is 22.6 Å². The largest absolute Gasteiger partial charge is 0.341 e. The quantitative estimate of drug-likeness (QED) is 0.137. The van der Waals surface area contributed by atoms with Crippen molar-refractivity contribution >= 4 is 35.3 Å². The molecule has 13 nitrogen and oxygen atoms in total. The summed E-state index contributed by atoms with van der Waals surface area (Å²) in [4.78, 5) is 105. The van der Waals surface area contributed by atoms with Crippen molar-refractivity contribution in [3.8, 4) is 0 Å². The van der Waals surface area contributed by atoms with E-state index in [0.717, 1.165) is 6.42 Å². The van der Waals surface area contributed by atoms with E-state index < -0.39 is 126 Å². The molecule has 0 aromatic carbocycles. The van der Waals surface area contributed by atoms with Crippen molar-refractivity contribution in [1.82, 2.24) is 35.7 Å².